The SMILES string of the molecule is CNC(=O)c1cc(Cl)ncc1NC(=O)C1(c2ccccc2C(C)C)CN(C(=S)NC)C1. The van der Waals surface area contributed by atoms with E-state index in [-0.39, 0.29) is 28.4 Å². The Balaban J connectivity index is 2.02. The summed E-state index contributed by atoms with van der Waals surface area (Å²) in [4.78, 5) is 32.0. The topological polar surface area (TPSA) is 86.4 Å². The van der Waals surface area contributed by atoms with Gasteiger partial charge in [-0.1, -0.05) is 49.7 Å². The highest BCUT2D eigenvalue weighted by atomic mass is 35.5. The molecular formula is C22H26ClN5O2S. The first-order valence-corrected chi connectivity index (χ1v) is 10.8. The van der Waals surface area contributed by atoms with Gasteiger partial charge >= 0.3 is 0 Å². The summed E-state index contributed by atoms with van der Waals surface area (Å²) >= 11 is 11.3. The third kappa shape index (κ3) is 4.36. The molecule has 3 rings (SSSR count). The Morgan fingerprint density at radius 2 is 1.87 bits per heavy atom. The summed E-state index contributed by atoms with van der Waals surface area (Å²) < 4.78 is 0. The molecule has 3 N–H and O–H groups in total. The molecule has 0 spiro atoms. The average molecular weight is 460 g/mol. The Labute approximate surface area is 192 Å². The molecule has 1 aromatic carbocycles. The summed E-state index contributed by atoms with van der Waals surface area (Å²) in [7, 11) is 3.28. The van der Waals surface area contributed by atoms with Crippen LogP contribution < -0.4 is 16.0 Å². The van der Waals surface area contributed by atoms with Gasteiger partial charge < -0.3 is 20.9 Å². The molecule has 0 saturated carbocycles. The van der Waals surface area contributed by atoms with E-state index in [0.29, 0.717) is 23.9 Å². The molecule has 164 valence electrons. The van der Waals surface area contributed by atoms with E-state index in [1.807, 2.05) is 29.2 Å². The van der Waals surface area contributed by atoms with Gasteiger partial charge in [0.2, 0.25) is 5.91 Å². The van der Waals surface area contributed by atoms with Gasteiger partial charge in [0.05, 0.1) is 17.4 Å². The van der Waals surface area contributed by atoms with Gasteiger partial charge in [-0.25, -0.2) is 4.98 Å². The number of hydrogen-bond donors (Lipinski definition) is 3. The Morgan fingerprint density at radius 3 is 2.48 bits per heavy atom. The van der Waals surface area contributed by atoms with Gasteiger partial charge in [0, 0.05) is 27.2 Å². The van der Waals surface area contributed by atoms with E-state index in [4.69, 9.17) is 23.8 Å². The predicted octanol–water partition coefficient (Wildman–Crippen LogP) is 2.91. The largest absolute Gasteiger partial charge is 0.366 e. The third-order valence-electron chi connectivity index (χ3n) is 5.55. The number of benzene rings is 1. The second-order valence-corrected chi connectivity index (χ2v) is 8.60. The summed E-state index contributed by atoms with van der Waals surface area (Å²) in [5, 5.41) is 9.22. The fourth-order valence-corrected chi connectivity index (χ4v) is 4.16. The summed E-state index contributed by atoms with van der Waals surface area (Å²) in [6, 6.07) is 9.40. The normalized spacial score (nSPS) is 14.6. The highest BCUT2D eigenvalue weighted by Gasteiger charge is 2.52. The molecule has 1 fully saturated rings. The molecule has 9 heteroatoms. The van der Waals surface area contributed by atoms with Crippen LogP contribution in [0.1, 0.15) is 41.3 Å². The molecule has 0 atom stereocenters. The number of rotatable bonds is 5. The maximum absolute atomic E-state index is 13.7. The molecule has 2 amide bonds. The van der Waals surface area contributed by atoms with Crippen molar-refractivity contribution >= 4 is 46.4 Å². The molecule has 0 radical (unpaired) electrons. The zero-order chi connectivity index (χ0) is 22.8. The zero-order valence-corrected chi connectivity index (χ0v) is 19.5. The number of anilines is 1. The number of aromatic nitrogens is 1. The van der Waals surface area contributed by atoms with E-state index in [9.17, 15) is 9.59 Å². The number of nitrogens with zero attached hydrogens (tertiary/aromatic N) is 2. The first-order valence-electron chi connectivity index (χ1n) is 9.98. The van der Waals surface area contributed by atoms with Crippen molar-refractivity contribution in [2.24, 2.45) is 0 Å². The summed E-state index contributed by atoms with van der Waals surface area (Å²) in [6.07, 6.45) is 1.40. The van der Waals surface area contributed by atoms with Crippen molar-refractivity contribution in [1.29, 1.82) is 0 Å². The minimum Gasteiger partial charge on any atom is -0.366 e. The fourth-order valence-electron chi connectivity index (χ4n) is 3.87. The number of carbonyl (C=O) groups excluding carboxylic acids is 2. The van der Waals surface area contributed by atoms with Gasteiger partial charge in [-0.3, -0.25) is 9.59 Å². The van der Waals surface area contributed by atoms with E-state index < -0.39 is 5.41 Å². The number of halogens is 1. The third-order valence-corrected chi connectivity index (χ3v) is 6.22. The lowest BCUT2D eigenvalue weighted by Gasteiger charge is -2.50. The number of hydrogen-bond acceptors (Lipinski definition) is 4. The molecule has 1 saturated heterocycles. The van der Waals surface area contributed by atoms with Crippen LogP contribution in [0.25, 0.3) is 0 Å². The van der Waals surface area contributed by atoms with Crippen LogP contribution >= 0.6 is 23.8 Å². The van der Waals surface area contributed by atoms with Crippen LogP contribution in [-0.4, -0.2) is 54.0 Å². The number of likely N-dealkylation sites (tertiary alicyclic amines) is 1. The van der Waals surface area contributed by atoms with Crippen molar-refractivity contribution in [3.05, 3.63) is 58.4 Å². The second kappa shape index (κ2) is 9.20. The molecule has 1 aromatic heterocycles. The summed E-state index contributed by atoms with van der Waals surface area (Å²) in [5.74, 6) is -0.335. The first-order chi connectivity index (χ1) is 14.7. The maximum atomic E-state index is 13.7. The van der Waals surface area contributed by atoms with E-state index in [0.717, 1.165) is 11.1 Å². The minimum absolute atomic E-state index is 0.172. The molecule has 7 nitrogen and oxygen atoms in total. The van der Waals surface area contributed by atoms with E-state index in [1.54, 1.807) is 7.05 Å². The van der Waals surface area contributed by atoms with Crippen LogP contribution in [0.5, 0.6) is 0 Å². The molecule has 2 aromatic rings. The molecule has 2 heterocycles. The Morgan fingerprint density at radius 1 is 1.19 bits per heavy atom. The molecule has 0 bridgehead atoms. The van der Waals surface area contributed by atoms with Crippen molar-refractivity contribution in [2.75, 3.05) is 32.5 Å². The van der Waals surface area contributed by atoms with Gasteiger partial charge in [0.25, 0.3) is 5.91 Å². The van der Waals surface area contributed by atoms with Crippen LogP contribution in [0, 0.1) is 0 Å². The smallest absolute Gasteiger partial charge is 0.253 e. The molecular weight excluding hydrogens is 434 g/mol. The second-order valence-electron chi connectivity index (χ2n) is 7.82. The lowest BCUT2D eigenvalue weighted by molar-refractivity contribution is -0.126. The van der Waals surface area contributed by atoms with Gasteiger partial charge in [-0.05, 0) is 35.3 Å². The van der Waals surface area contributed by atoms with Crippen molar-refractivity contribution in [1.82, 2.24) is 20.5 Å². The summed E-state index contributed by atoms with van der Waals surface area (Å²) in [6.45, 7) is 5.06. The maximum Gasteiger partial charge on any atom is 0.253 e. The number of carbonyl (C=O) groups is 2. The van der Waals surface area contributed by atoms with Gasteiger partial charge in [0.15, 0.2) is 5.11 Å². The van der Waals surface area contributed by atoms with E-state index >= 15 is 0 Å². The van der Waals surface area contributed by atoms with Crippen LogP contribution in [-0.2, 0) is 10.2 Å². The average Bonchev–Trinajstić information content (AvgIpc) is 2.73. The van der Waals surface area contributed by atoms with Crippen molar-refractivity contribution < 1.29 is 9.59 Å². The van der Waals surface area contributed by atoms with Crippen LogP contribution in [0.3, 0.4) is 0 Å². The highest BCUT2D eigenvalue weighted by Crippen LogP contribution is 2.40. The van der Waals surface area contributed by atoms with Crippen LogP contribution in [0.2, 0.25) is 5.15 Å². The van der Waals surface area contributed by atoms with Crippen molar-refractivity contribution in [3.8, 4) is 0 Å². The number of thiocarbonyl (C=S) groups is 1. The monoisotopic (exact) mass is 459 g/mol. The molecule has 0 aliphatic carbocycles. The van der Waals surface area contributed by atoms with Gasteiger partial charge in [-0.15, -0.1) is 0 Å². The standard InChI is InChI=1S/C22H26ClN5O2S/c1-13(2)14-7-5-6-8-16(14)22(11-28(12-22)21(31)25-4)20(30)27-17-10-26-18(23)9-15(17)19(29)24-3/h5-10,13H,11-12H2,1-4H3,(H,24,29)(H,25,31)(H,27,30). The first kappa shape index (κ1) is 23.0. The lowest BCUT2D eigenvalue weighted by atomic mass is 9.70. The molecule has 1 aliphatic rings. The predicted molar refractivity (Wildman–Crippen MR) is 127 cm³/mol. The van der Waals surface area contributed by atoms with Gasteiger partial charge in [-0.2, -0.15) is 0 Å². The highest BCUT2D eigenvalue weighted by molar-refractivity contribution is 7.80. The molecule has 0 unspecified atom stereocenters. The number of pyridine rings is 1. The summed E-state index contributed by atoms with van der Waals surface area (Å²) in [5.41, 5.74) is 1.81. The Hall–Kier alpha value is -2.71. The van der Waals surface area contributed by atoms with Crippen molar-refractivity contribution in [2.45, 2.75) is 25.2 Å². The van der Waals surface area contributed by atoms with Crippen molar-refractivity contribution in [3.63, 3.8) is 0 Å². The van der Waals surface area contributed by atoms with E-state index in [1.165, 1.54) is 19.3 Å². The minimum atomic E-state index is -0.818. The molecule has 1 aliphatic heterocycles. The quantitative estimate of drug-likeness (QED) is 0.471. The lowest BCUT2D eigenvalue weighted by Crippen LogP contribution is -2.67. The van der Waals surface area contributed by atoms with Crippen LogP contribution in [0.15, 0.2) is 36.5 Å². The van der Waals surface area contributed by atoms with Crippen LogP contribution in [0.4, 0.5) is 5.69 Å². The van der Waals surface area contributed by atoms with E-state index in [2.05, 4.69) is 34.8 Å². The number of nitrogens with one attached hydrogen (secondary N) is 3. The van der Waals surface area contributed by atoms with Gasteiger partial charge in [0.1, 0.15) is 10.6 Å². The number of amides is 2. The zero-order valence-electron chi connectivity index (χ0n) is 18.0. The Kier molecular flexibility index (Phi) is 6.81. The Bertz CT molecular complexity index is 1020. The fraction of sp³-hybridized carbons (Fsp3) is 0.364. The molecule has 31 heavy (non-hydrogen) atoms.